The molecule has 1 aromatic carbocycles. The molecule has 108 valence electrons. The van der Waals surface area contributed by atoms with Crippen LogP contribution in [0, 0.1) is 0 Å². The molecule has 21 heavy (non-hydrogen) atoms. The van der Waals surface area contributed by atoms with Gasteiger partial charge in [0, 0.05) is 14.1 Å². The summed E-state index contributed by atoms with van der Waals surface area (Å²) in [5, 5.41) is 0.556. The Labute approximate surface area is 129 Å². The van der Waals surface area contributed by atoms with E-state index >= 15 is 0 Å². The molecule has 0 radical (unpaired) electrons. The van der Waals surface area contributed by atoms with E-state index in [4.69, 9.17) is 5.84 Å². The molecule has 0 aliphatic heterocycles. The van der Waals surface area contributed by atoms with Gasteiger partial charge in [0.05, 0.1) is 10.2 Å². The van der Waals surface area contributed by atoms with Crippen LogP contribution < -0.4 is 16.2 Å². The summed E-state index contributed by atoms with van der Waals surface area (Å²) in [6.07, 6.45) is 0. The molecule has 0 bridgehead atoms. The SMILES string of the molecule is CN(C)c1nc(NN)nc(Sc2nc3ccccc3s2)n1. The Kier molecular flexibility index (Phi) is 3.86. The Balaban J connectivity index is 1.94. The minimum atomic E-state index is 0.331. The highest BCUT2D eigenvalue weighted by Crippen LogP contribution is 2.33. The Morgan fingerprint density at radius 3 is 2.67 bits per heavy atom. The average Bonchev–Trinajstić information content (AvgIpc) is 2.88. The standard InChI is InChI=1S/C12H13N7S2/c1-19(2)10-15-9(18-13)16-11(17-10)21-12-14-7-5-3-4-6-8(7)20-12/h3-6H,13H2,1-2H3,(H,15,16,17,18). The minimum Gasteiger partial charge on any atom is -0.347 e. The first-order valence-electron chi connectivity index (χ1n) is 6.09. The predicted octanol–water partition coefficient (Wildman–Crippen LogP) is 1.98. The number of benzene rings is 1. The topological polar surface area (TPSA) is 92.9 Å². The van der Waals surface area contributed by atoms with Gasteiger partial charge >= 0.3 is 0 Å². The highest BCUT2D eigenvalue weighted by atomic mass is 32.2. The van der Waals surface area contributed by atoms with E-state index in [0.29, 0.717) is 17.1 Å². The summed E-state index contributed by atoms with van der Waals surface area (Å²) < 4.78 is 2.02. The number of hydrazine groups is 1. The van der Waals surface area contributed by atoms with Crippen molar-refractivity contribution in [2.45, 2.75) is 9.50 Å². The number of aromatic nitrogens is 4. The molecular formula is C12H13N7S2. The molecule has 0 amide bonds. The minimum absolute atomic E-state index is 0.331. The van der Waals surface area contributed by atoms with E-state index in [2.05, 4.69) is 25.4 Å². The summed E-state index contributed by atoms with van der Waals surface area (Å²) in [5.41, 5.74) is 3.43. The predicted molar refractivity (Wildman–Crippen MR) is 85.7 cm³/mol. The molecule has 0 aliphatic carbocycles. The Hall–Kier alpha value is -1.97. The first-order valence-corrected chi connectivity index (χ1v) is 7.72. The molecule has 0 spiro atoms. The van der Waals surface area contributed by atoms with E-state index in [1.165, 1.54) is 11.8 Å². The average molecular weight is 319 g/mol. The van der Waals surface area contributed by atoms with Crippen LogP contribution in [-0.4, -0.2) is 34.0 Å². The number of thiazole rings is 1. The van der Waals surface area contributed by atoms with Crippen LogP contribution in [0.1, 0.15) is 0 Å². The highest BCUT2D eigenvalue weighted by Gasteiger charge is 2.11. The fraction of sp³-hybridized carbons (Fsp3) is 0.167. The van der Waals surface area contributed by atoms with Gasteiger partial charge in [-0.1, -0.05) is 12.1 Å². The van der Waals surface area contributed by atoms with E-state index in [-0.39, 0.29) is 0 Å². The summed E-state index contributed by atoms with van der Waals surface area (Å²) in [7, 11) is 3.73. The van der Waals surface area contributed by atoms with E-state index in [1.807, 2.05) is 38.4 Å². The third-order valence-electron chi connectivity index (χ3n) is 2.59. The van der Waals surface area contributed by atoms with Gasteiger partial charge in [-0.2, -0.15) is 15.0 Å². The first-order chi connectivity index (χ1) is 10.2. The molecule has 7 nitrogen and oxygen atoms in total. The van der Waals surface area contributed by atoms with Crippen LogP contribution in [-0.2, 0) is 0 Å². The molecule has 0 atom stereocenters. The molecule has 3 aromatic rings. The van der Waals surface area contributed by atoms with Crippen molar-refractivity contribution >= 4 is 45.2 Å². The number of para-hydroxylation sites is 1. The van der Waals surface area contributed by atoms with Crippen LogP contribution in [0.25, 0.3) is 10.2 Å². The van der Waals surface area contributed by atoms with Crippen LogP contribution in [0.4, 0.5) is 11.9 Å². The summed E-state index contributed by atoms with van der Waals surface area (Å²) in [6.45, 7) is 0. The lowest BCUT2D eigenvalue weighted by Crippen LogP contribution is -2.17. The van der Waals surface area contributed by atoms with Crippen molar-refractivity contribution in [2.75, 3.05) is 24.4 Å². The summed E-state index contributed by atoms with van der Waals surface area (Å²) in [4.78, 5) is 19.2. The molecular weight excluding hydrogens is 306 g/mol. The molecule has 2 heterocycles. The number of rotatable bonds is 4. The van der Waals surface area contributed by atoms with E-state index in [1.54, 1.807) is 16.2 Å². The zero-order chi connectivity index (χ0) is 14.8. The van der Waals surface area contributed by atoms with E-state index in [0.717, 1.165) is 14.6 Å². The molecule has 3 N–H and O–H groups in total. The van der Waals surface area contributed by atoms with E-state index < -0.39 is 0 Å². The van der Waals surface area contributed by atoms with Crippen molar-refractivity contribution in [3.05, 3.63) is 24.3 Å². The lowest BCUT2D eigenvalue weighted by Gasteiger charge is -2.11. The van der Waals surface area contributed by atoms with Gasteiger partial charge in [-0.05, 0) is 23.9 Å². The van der Waals surface area contributed by atoms with Crippen molar-refractivity contribution in [2.24, 2.45) is 5.84 Å². The molecule has 0 saturated heterocycles. The second-order valence-electron chi connectivity index (χ2n) is 4.33. The Morgan fingerprint density at radius 1 is 1.14 bits per heavy atom. The third-order valence-corrected chi connectivity index (χ3v) is 4.55. The number of hydrogen-bond acceptors (Lipinski definition) is 9. The molecule has 0 saturated carbocycles. The molecule has 3 rings (SSSR count). The quantitative estimate of drug-likeness (QED) is 0.557. The van der Waals surface area contributed by atoms with Crippen molar-refractivity contribution in [1.82, 2.24) is 19.9 Å². The number of nitrogens with zero attached hydrogens (tertiary/aromatic N) is 5. The number of nitrogens with one attached hydrogen (secondary N) is 1. The molecule has 9 heteroatoms. The summed E-state index contributed by atoms with van der Waals surface area (Å²) in [5.74, 6) is 6.27. The Bertz CT molecular complexity index is 738. The molecule has 2 aromatic heterocycles. The van der Waals surface area contributed by atoms with Gasteiger partial charge in [0.2, 0.25) is 17.1 Å². The fourth-order valence-electron chi connectivity index (χ4n) is 1.63. The summed E-state index contributed by atoms with van der Waals surface area (Å²) >= 11 is 3.00. The van der Waals surface area contributed by atoms with Crippen LogP contribution in [0.5, 0.6) is 0 Å². The number of fused-ring (bicyclic) bond motifs is 1. The largest absolute Gasteiger partial charge is 0.347 e. The fourth-order valence-corrected chi connectivity index (χ4v) is 3.55. The van der Waals surface area contributed by atoms with Crippen molar-refractivity contribution in [3.8, 4) is 0 Å². The van der Waals surface area contributed by atoms with Crippen LogP contribution in [0.3, 0.4) is 0 Å². The highest BCUT2D eigenvalue weighted by molar-refractivity contribution is 8.01. The normalized spacial score (nSPS) is 10.8. The molecule has 0 unspecified atom stereocenters. The lowest BCUT2D eigenvalue weighted by molar-refractivity contribution is 0.865. The molecule has 0 aliphatic rings. The zero-order valence-electron chi connectivity index (χ0n) is 11.4. The van der Waals surface area contributed by atoms with Gasteiger partial charge in [0.1, 0.15) is 0 Å². The van der Waals surface area contributed by atoms with Crippen LogP contribution >= 0.6 is 23.1 Å². The van der Waals surface area contributed by atoms with Gasteiger partial charge in [-0.25, -0.2) is 10.8 Å². The number of hydrogen-bond donors (Lipinski definition) is 2. The van der Waals surface area contributed by atoms with Crippen LogP contribution in [0.15, 0.2) is 33.8 Å². The van der Waals surface area contributed by atoms with Gasteiger partial charge in [0.15, 0.2) is 4.34 Å². The smallest absolute Gasteiger partial charge is 0.242 e. The van der Waals surface area contributed by atoms with Gasteiger partial charge in [0.25, 0.3) is 0 Å². The van der Waals surface area contributed by atoms with Crippen LogP contribution in [0.2, 0.25) is 0 Å². The van der Waals surface area contributed by atoms with Crippen molar-refractivity contribution in [3.63, 3.8) is 0 Å². The number of anilines is 2. The lowest BCUT2D eigenvalue weighted by atomic mass is 10.3. The zero-order valence-corrected chi connectivity index (χ0v) is 13.1. The number of nitrogens with two attached hydrogens (primary N) is 1. The van der Waals surface area contributed by atoms with Crippen molar-refractivity contribution < 1.29 is 0 Å². The number of nitrogen functional groups attached to an aromatic ring is 1. The maximum Gasteiger partial charge on any atom is 0.242 e. The third kappa shape index (κ3) is 3.04. The van der Waals surface area contributed by atoms with Gasteiger partial charge in [-0.3, -0.25) is 5.43 Å². The first kappa shape index (κ1) is 14.0. The molecule has 0 fully saturated rings. The maximum absolute atomic E-state index is 5.40. The van der Waals surface area contributed by atoms with E-state index in [9.17, 15) is 0 Å². The monoisotopic (exact) mass is 319 g/mol. The summed E-state index contributed by atoms with van der Waals surface area (Å²) in [6, 6.07) is 8.00. The van der Waals surface area contributed by atoms with Gasteiger partial charge < -0.3 is 4.90 Å². The second-order valence-corrected chi connectivity index (χ2v) is 6.57. The Morgan fingerprint density at radius 2 is 1.95 bits per heavy atom. The van der Waals surface area contributed by atoms with Gasteiger partial charge in [-0.15, -0.1) is 11.3 Å². The maximum atomic E-state index is 5.40. The van der Waals surface area contributed by atoms with Crippen molar-refractivity contribution in [1.29, 1.82) is 0 Å². The second kappa shape index (κ2) is 5.80.